The van der Waals surface area contributed by atoms with E-state index in [1.807, 2.05) is 30.6 Å². The summed E-state index contributed by atoms with van der Waals surface area (Å²) in [5.74, 6) is 2.47. The number of benzene rings is 1. The van der Waals surface area contributed by atoms with Crippen LogP contribution in [-0.2, 0) is 0 Å². The quantitative estimate of drug-likeness (QED) is 0.243. The Morgan fingerprint density at radius 2 is 2.11 bits per heavy atom. The Kier molecular flexibility index (Phi) is 6.02. The Bertz CT molecular complexity index is 1460. The van der Waals surface area contributed by atoms with Crippen LogP contribution in [-0.4, -0.2) is 53.5 Å². The van der Waals surface area contributed by atoms with Crippen molar-refractivity contribution in [3.63, 3.8) is 0 Å². The molecule has 0 spiro atoms. The van der Waals surface area contributed by atoms with E-state index in [9.17, 15) is 0 Å². The standard InChI is InChI=1S/C23H22BrN5O4S2/c1-30-14-6-17(32-12-13-4-3-5-28(10-13)21-25-9-20(24)34-21)15-8-19(33-18(15)7-14)16-11-29-22(26-16)35-23(27-29)31-2/h6-9,11,13H,3-5,10,12H2,1-2H3. The van der Waals surface area contributed by atoms with Crippen LogP contribution < -0.4 is 19.1 Å². The maximum atomic E-state index is 6.37. The third kappa shape index (κ3) is 4.45. The van der Waals surface area contributed by atoms with Gasteiger partial charge in [0.25, 0.3) is 5.19 Å². The number of nitrogens with zero attached hydrogens (tertiary/aromatic N) is 5. The molecule has 35 heavy (non-hydrogen) atoms. The second kappa shape index (κ2) is 9.32. The molecule has 5 heterocycles. The summed E-state index contributed by atoms with van der Waals surface area (Å²) >= 11 is 6.55. The monoisotopic (exact) mass is 575 g/mol. The molecule has 1 atom stereocenters. The van der Waals surface area contributed by atoms with Crippen molar-refractivity contribution < 1.29 is 18.6 Å². The lowest BCUT2D eigenvalue weighted by atomic mass is 9.99. The number of thiazole rings is 1. The lowest BCUT2D eigenvalue weighted by Crippen LogP contribution is -2.37. The molecular formula is C23H22BrN5O4S2. The number of hydrogen-bond donors (Lipinski definition) is 0. The molecule has 1 unspecified atom stereocenters. The van der Waals surface area contributed by atoms with Crippen molar-refractivity contribution in [2.24, 2.45) is 5.92 Å². The number of methoxy groups -OCH3 is 2. The van der Waals surface area contributed by atoms with Crippen LogP contribution in [0.5, 0.6) is 16.7 Å². The highest BCUT2D eigenvalue weighted by Gasteiger charge is 2.24. The summed E-state index contributed by atoms with van der Waals surface area (Å²) in [5, 5.41) is 6.84. The zero-order valence-corrected chi connectivity index (χ0v) is 22.3. The summed E-state index contributed by atoms with van der Waals surface area (Å²) in [6.45, 7) is 2.55. The van der Waals surface area contributed by atoms with Gasteiger partial charge in [0.05, 0.1) is 42.4 Å². The van der Waals surface area contributed by atoms with Crippen LogP contribution in [0.2, 0.25) is 0 Å². The van der Waals surface area contributed by atoms with Gasteiger partial charge in [0.15, 0.2) is 10.9 Å². The fourth-order valence-corrected chi connectivity index (χ4v) is 6.22. The van der Waals surface area contributed by atoms with Crippen molar-refractivity contribution >= 4 is 59.7 Å². The smallest absolute Gasteiger partial charge is 0.294 e. The third-order valence-electron chi connectivity index (χ3n) is 5.99. The van der Waals surface area contributed by atoms with Gasteiger partial charge in [-0.15, -0.1) is 5.10 Å². The molecule has 4 aromatic heterocycles. The number of imidazole rings is 1. The molecule has 9 nitrogen and oxygen atoms in total. The van der Waals surface area contributed by atoms with Gasteiger partial charge in [-0.3, -0.25) is 0 Å². The molecule has 0 bridgehead atoms. The lowest BCUT2D eigenvalue weighted by molar-refractivity contribution is 0.230. The van der Waals surface area contributed by atoms with E-state index in [0.717, 1.165) is 50.9 Å². The van der Waals surface area contributed by atoms with Gasteiger partial charge in [-0.25, -0.2) is 14.5 Å². The first kappa shape index (κ1) is 22.6. The molecule has 0 saturated carbocycles. The van der Waals surface area contributed by atoms with Crippen molar-refractivity contribution in [1.82, 2.24) is 19.6 Å². The number of hydrogen-bond acceptors (Lipinski definition) is 10. The average Bonchev–Trinajstić information content (AvgIpc) is 3.64. The van der Waals surface area contributed by atoms with Crippen molar-refractivity contribution in [1.29, 1.82) is 0 Å². The van der Waals surface area contributed by atoms with E-state index in [-0.39, 0.29) is 0 Å². The predicted octanol–water partition coefficient (Wildman–Crippen LogP) is 5.74. The molecule has 12 heteroatoms. The topological polar surface area (TPSA) is 87.2 Å². The highest BCUT2D eigenvalue weighted by atomic mass is 79.9. The Labute approximate surface area is 217 Å². The van der Waals surface area contributed by atoms with Gasteiger partial charge in [-0.2, -0.15) is 0 Å². The number of halogens is 1. The van der Waals surface area contributed by atoms with Gasteiger partial charge in [0.1, 0.15) is 22.8 Å². The number of ether oxygens (including phenoxy) is 3. The van der Waals surface area contributed by atoms with Crippen molar-refractivity contribution in [3.8, 4) is 28.1 Å². The maximum Gasteiger partial charge on any atom is 0.294 e. The van der Waals surface area contributed by atoms with Gasteiger partial charge in [0, 0.05) is 31.1 Å². The van der Waals surface area contributed by atoms with E-state index in [1.165, 1.54) is 11.3 Å². The molecule has 1 aliphatic heterocycles. The molecule has 0 N–H and O–H groups in total. The Hall–Kier alpha value is -2.83. The summed E-state index contributed by atoms with van der Waals surface area (Å²) in [6, 6.07) is 5.75. The summed E-state index contributed by atoms with van der Waals surface area (Å²) in [4.78, 5) is 12.2. The van der Waals surface area contributed by atoms with E-state index in [4.69, 9.17) is 18.6 Å². The number of furan rings is 1. The van der Waals surface area contributed by atoms with Crippen LogP contribution in [0.15, 0.2) is 38.8 Å². The first-order chi connectivity index (χ1) is 17.1. The number of fused-ring (bicyclic) bond motifs is 2. The summed E-state index contributed by atoms with van der Waals surface area (Å²) in [7, 11) is 3.23. The minimum Gasteiger partial charge on any atom is -0.496 e. The molecule has 1 saturated heterocycles. The number of aromatic nitrogens is 4. The van der Waals surface area contributed by atoms with E-state index in [0.29, 0.717) is 40.5 Å². The van der Waals surface area contributed by atoms with E-state index < -0.39 is 0 Å². The van der Waals surface area contributed by atoms with Gasteiger partial charge in [0.2, 0.25) is 4.96 Å². The van der Waals surface area contributed by atoms with Gasteiger partial charge < -0.3 is 23.5 Å². The second-order valence-electron chi connectivity index (χ2n) is 8.29. The minimum absolute atomic E-state index is 0.403. The van der Waals surface area contributed by atoms with Crippen molar-refractivity contribution in [2.75, 3.05) is 38.8 Å². The fourth-order valence-electron chi connectivity index (χ4n) is 4.30. The number of rotatable bonds is 7. The Balaban J connectivity index is 1.24. The first-order valence-electron chi connectivity index (χ1n) is 11.1. The fraction of sp³-hybridized carbons (Fsp3) is 0.348. The Morgan fingerprint density at radius 1 is 1.20 bits per heavy atom. The minimum atomic E-state index is 0.403. The molecule has 1 aliphatic rings. The maximum absolute atomic E-state index is 6.37. The molecule has 5 aromatic rings. The lowest BCUT2D eigenvalue weighted by Gasteiger charge is -2.32. The van der Waals surface area contributed by atoms with E-state index in [2.05, 4.69) is 35.9 Å². The summed E-state index contributed by atoms with van der Waals surface area (Å²) in [6.07, 6.45) is 5.93. The van der Waals surface area contributed by atoms with Crippen molar-refractivity contribution in [2.45, 2.75) is 12.8 Å². The van der Waals surface area contributed by atoms with Gasteiger partial charge >= 0.3 is 0 Å². The number of anilines is 1. The molecule has 0 amide bonds. The molecular weight excluding hydrogens is 554 g/mol. The zero-order valence-electron chi connectivity index (χ0n) is 19.1. The second-order valence-corrected chi connectivity index (χ2v) is 11.6. The van der Waals surface area contributed by atoms with Crippen LogP contribution in [0.4, 0.5) is 5.13 Å². The summed E-state index contributed by atoms with van der Waals surface area (Å²) < 4.78 is 26.0. The average molecular weight is 576 g/mol. The van der Waals surface area contributed by atoms with Gasteiger partial charge in [-0.05, 0) is 46.2 Å². The molecule has 182 valence electrons. The van der Waals surface area contributed by atoms with Crippen LogP contribution >= 0.6 is 38.6 Å². The largest absolute Gasteiger partial charge is 0.496 e. The normalized spacial score (nSPS) is 16.3. The highest BCUT2D eigenvalue weighted by Crippen LogP contribution is 2.38. The number of piperidine rings is 1. The van der Waals surface area contributed by atoms with E-state index in [1.54, 1.807) is 30.1 Å². The van der Waals surface area contributed by atoms with Crippen LogP contribution in [0.1, 0.15) is 12.8 Å². The molecule has 1 aromatic carbocycles. The first-order valence-corrected chi connectivity index (χ1v) is 13.5. The van der Waals surface area contributed by atoms with Crippen molar-refractivity contribution in [3.05, 3.63) is 34.4 Å². The predicted molar refractivity (Wildman–Crippen MR) is 139 cm³/mol. The Morgan fingerprint density at radius 3 is 2.89 bits per heavy atom. The molecule has 0 radical (unpaired) electrons. The molecule has 6 rings (SSSR count). The molecule has 0 aliphatic carbocycles. The summed E-state index contributed by atoms with van der Waals surface area (Å²) in [5.41, 5.74) is 1.39. The van der Waals surface area contributed by atoms with Crippen LogP contribution in [0, 0.1) is 5.92 Å². The SMILES string of the molecule is COc1cc(OCC2CCCN(c3ncc(Br)s3)C2)c2cc(-c3cn4nc(OC)sc4n3)oc2c1. The highest BCUT2D eigenvalue weighted by molar-refractivity contribution is 9.11. The van der Waals surface area contributed by atoms with E-state index >= 15 is 0 Å². The van der Waals surface area contributed by atoms with Crippen LogP contribution in [0.25, 0.3) is 27.4 Å². The molecule has 1 fully saturated rings. The third-order valence-corrected chi connectivity index (χ3v) is 8.41. The van der Waals surface area contributed by atoms with Gasteiger partial charge in [-0.1, -0.05) is 11.3 Å². The van der Waals surface area contributed by atoms with Crippen LogP contribution in [0.3, 0.4) is 0 Å². The zero-order chi connectivity index (χ0) is 23.9.